The van der Waals surface area contributed by atoms with Crippen molar-refractivity contribution in [2.75, 3.05) is 6.61 Å². The van der Waals surface area contributed by atoms with Gasteiger partial charge < -0.3 is 19.3 Å². The molecule has 0 saturated carbocycles. The topological polar surface area (TPSA) is 47.9 Å². The lowest BCUT2D eigenvalue weighted by atomic mass is 9.94. The molecule has 0 amide bonds. The van der Waals surface area contributed by atoms with Crippen molar-refractivity contribution in [3.63, 3.8) is 0 Å². The molecule has 1 saturated heterocycles. The number of hydrogen-bond acceptors (Lipinski definition) is 4. The highest BCUT2D eigenvalue weighted by Crippen LogP contribution is 2.50. The Hall–Kier alpha value is -1.45. The minimum absolute atomic E-state index is 0.0134. The van der Waals surface area contributed by atoms with E-state index in [2.05, 4.69) is 30.3 Å². The van der Waals surface area contributed by atoms with Gasteiger partial charge in [-0.25, -0.2) is 0 Å². The van der Waals surface area contributed by atoms with Gasteiger partial charge >= 0.3 is 0 Å². The van der Waals surface area contributed by atoms with Gasteiger partial charge in [0.25, 0.3) is 0 Å². The lowest BCUT2D eigenvalue weighted by Crippen LogP contribution is -2.39. The van der Waals surface area contributed by atoms with Gasteiger partial charge in [-0.05, 0) is 55.2 Å². The summed E-state index contributed by atoms with van der Waals surface area (Å²) in [5, 5.41) is 10.2. The van der Waals surface area contributed by atoms with E-state index in [-0.39, 0.29) is 11.7 Å². The zero-order chi connectivity index (χ0) is 18.1. The second kappa shape index (κ2) is 7.28. The predicted molar refractivity (Wildman–Crippen MR) is 103 cm³/mol. The van der Waals surface area contributed by atoms with Gasteiger partial charge in [-0.1, -0.05) is 32.8 Å². The van der Waals surface area contributed by atoms with Crippen molar-refractivity contribution in [3.8, 4) is 5.75 Å². The Balaban J connectivity index is 1.58. The van der Waals surface area contributed by atoms with Gasteiger partial charge in [0.1, 0.15) is 5.75 Å². The van der Waals surface area contributed by atoms with E-state index in [0.717, 1.165) is 23.3 Å². The molecule has 2 aromatic carbocycles. The SMILES string of the molecule is CCOc1ccc(Cc2ccc3c(c2)[C@]2(C[C@@H](O)P[C@@H](C)O2)OC3)cc1. The molecule has 1 fully saturated rings. The average Bonchev–Trinajstić information content (AvgIpc) is 2.93. The minimum atomic E-state index is -0.783. The van der Waals surface area contributed by atoms with E-state index < -0.39 is 5.79 Å². The zero-order valence-electron chi connectivity index (χ0n) is 15.2. The summed E-state index contributed by atoms with van der Waals surface area (Å²) in [7, 11) is 0.402. The molecule has 138 valence electrons. The first-order valence-corrected chi connectivity index (χ1v) is 10.3. The fourth-order valence-corrected chi connectivity index (χ4v) is 5.00. The Labute approximate surface area is 156 Å². The van der Waals surface area contributed by atoms with Gasteiger partial charge in [0.15, 0.2) is 5.79 Å². The Bertz CT molecular complexity index is 764. The van der Waals surface area contributed by atoms with Crippen LogP contribution in [0.15, 0.2) is 42.5 Å². The fourth-order valence-electron chi connectivity index (χ4n) is 3.81. The van der Waals surface area contributed by atoms with Crippen LogP contribution in [0.5, 0.6) is 5.75 Å². The Morgan fingerprint density at radius 2 is 1.96 bits per heavy atom. The number of ether oxygens (including phenoxy) is 3. The number of fused-ring (bicyclic) bond motifs is 2. The molecule has 1 spiro atoms. The molecule has 2 aliphatic heterocycles. The summed E-state index contributed by atoms with van der Waals surface area (Å²) in [5.41, 5.74) is 4.69. The molecular weight excluding hydrogens is 347 g/mol. The number of aliphatic hydroxyl groups is 1. The van der Waals surface area contributed by atoms with Gasteiger partial charge in [-0.15, -0.1) is 0 Å². The van der Waals surface area contributed by atoms with Crippen molar-refractivity contribution in [3.05, 3.63) is 64.7 Å². The molecule has 1 unspecified atom stereocenters. The lowest BCUT2D eigenvalue weighted by Gasteiger charge is -2.39. The second-order valence-electron chi connectivity index (χ2n) is 6.93. The van der Waals surface area contributed by atoms with E-state index in [9.17, 15) is 5.11 Å². The molecule has 0 aliphatic carbocycles. The first-order chi connectivity index (χ1) is 12.6. The van der Waals surface area contributed by atoms with Crippen LogP contribution in [-0.4, -0.2) is 23.4 Å². The van der Waals surface area contributed by atoms with Crippen molar-refractivity contribution in [2.24, 2.45) is 0 Å². The van der Waals surface area contributed by atoms with Crippen LogP contribution >= 0.6 is 8.58 Å². The van der Waals surface area contributed by atoms with Crippen LogP contribution in [0.25, 0.3) is 0 Å². The molecule has 2 aliphatic rings. The standard InChI is InChI=1S/C21H25O4P/c1-3-23-18-8-5-15(6-9-18)10-16-4-7-17-13-24-21(19(17)11-16)12-20(22)26-14(2)25-21/h4-9,11,14,20,22,26H,3,10,12-13H2,1-2H3/t14-,20-,21+/m0/s1. The van der Waals surface area contributed by atoms with Crippen LogP contribution in [0.4, 0.5) is 0 Å². The van der Waals surface area contributed by atoms with E-state index in [1.807, 2.05) is 26.0 Å². The summed E-state index contributed by atoms with van der Waals surface area (Å²) in [5.74, 6) is -0.232. The van der Waals surface area contributed by atoms with Gasteiger partial charge in [0.2, 0.25) is 0 Å². The van der Waals surface area contributed by atoms with Crippen molar-refractivity contribution < 1.29 is 19.3 Å². The molecule has 4 rings (SSSR count). The maximum atomic E-state index is 10.2. The van der Waals surface area contributed by atoms with Crippen LogP contribution in [0, 0.1) is 0 Å². The van der Waals surface area contributed by atoms with Crippen molar-refractivity contribution in [1.29, 1.82) is 0 Å². The molecule has 4 nitrogen and oxygen atoms in total. The zero-order valence-corrected chi connectivity index (χ0v) is 16.2. The van der Waals surface area contributed by atoms with Crippen molar-refractivity contribution in [2.45, 2.75) is 50.8 Å². The van der Waals surface area contributed by atoms with E-state index >= 15 is 0 Å². The number of rotatable bonds is 4. The molecule has 0 bridgehead atoms. The van der Waals surface area contributed by atoms with Gasteiger partial charge in [0, 0.05) is 12.0 Å². The Kier molecular flexibility index (Phi) is 5.02. The second-order valence-corrected chi connectivity index (χ2v) is 8.75. The highest BCUT2D eigenvalue weighted by atomic mass is 31.1. The van der Waals surface area contributed by atoms with E-state index in [4.69, 9.17) is 14.2 Å². The highest BCUT2D eigenvalue weighted by molar-refractivity contribution is 7.39. The highest BCUT2D eigenvalue weighted by Gasteiger charge is 2.47. The molecular formula is C21H25O4P. The minimum Gasteiger partial charge on any atom is -0.494 e. The first-order valence-electron chi connectivity index (χ1n) is 9.18. The lowest BCUT2D eigenvalue weighted by molar-refractivity contribution is -0.260. The van der Waals surface area contributed by atoms with E-state index in [0.29, 0.717) is 28.2 Å². The van der Waals surface area contributed by atoms with Crippen LogP contribution in [-0.2, 0) is 28.3 Å². The first kappa shape index (κ1) is 17.9. The smallest absolute Gasteiger partial charge is 0.199 e. The van der Waals surface area contributed by atoms with E-state index in [1.54, 1.807) is 0 Å². The van der Waals surface area contributed by atoms with Crippen LogP contribution in [0.1, 0.15) is 42.5 Å². The molecule has 1 N–H and O–H groups in total. The molecule has 26 heavy (non-hydrogen) atoms. The third kappa shape index (κ3) is 3.52. The maximum Gasteiger partial charge on any atom is 0.199 e. The number of hydrogen-bond donors (Lipinski definition) is 1. The third-order valence-corrected chi connectivity index (χ3v) is 6.12. The molecule has 0 radical (unpaired) electrons. The largest absolute Gasteiger partial charge is 0.494 e. The quantitative estimate of drug-likeness (QED) is 0.820. The Morgan fingerprint density at radius 1 is 1.19 bits per heavy atom. The average molecular weight is 372 g/mol. The fraction of sp³-hybridized carbons (Fsp3) is 0.429. The van der Waals surface area contributed by atoms with Crippen molar-refractivity contribution >= 4 is 8.58 Å². The molecule has 2 heterocycles. The monoisotopic (exact) mass is 372 g/mol. The number of benzene rings is 2. The summed E-state index contributed by atoms with van der Waals surface area (Å²) in [6, 6.07) is 14.7. The van der Waals surface area contributed by atoms with Crippen LogP contribution in [0.3, 0.4) is 0 Å². The van der Waals surface area contributed by atoms with Gasteiger partial charge in [0.05, 0.1) is 24.9 Å². The summed E-state index contributed by atoms with van der Waals surface area (Å²) >= 11 is 0. The van der Waals surface area contributed by atoms with E-state index in [1.165, 1.54) is 11.1 Å². The summed E-state index contributed by atoms with van der Waals surface area (Å²) in [6.07, 6.45) is 1.35. The summed E-state index contributed by atoms with van der Waals surface area (Å²) in [6.45, 7) is 5.22. The van der Waals surface area contributed by atoms with Crippen LogP contribution in [0.2, 0.25) is 0 Å². The van der Waals surface area contributed by atoms with Gasteiger partial charge in [-0.3, -0.25) is 0 Å². The summed E-state index contributed by atoms with van der Waals surface area (Å²) in [4.78, 5) is 0. The van der Waals surface area contributed by atoms with Gasteiger partial charge in [-0.2, -0.15) is 0 Å². The molecule has 4 atom stereocenters. The third-order valence-electron chi connectivity index (χ3n) is 4.94. The van der Waals surface area contributed by atoms with Crippen LogP contribution < -0.4 is 4.74 Å². The normalized spacial score (nSPS) is 28.4. The molecule has 2 aromatic rings. The predicted octanol–water partition coefficient (Wildman–Crippen LogP) is 4.12. The maximum absolute atomic E-state index is 10.2. The number of aliphatic hydroxyl groups excluding tert-OH is 1. The molecule has 5 heteroatoms. The Morgan fingerprint density at radius 3 is 2.69 bits per heavy atom. The summed E-state index contributed by atoms with van der Waals surface area (Å²) < 4.78 is 17.8. The molecule has 0 aromatic heterocycles. The van der Waals surface area contributed by atoms with Crippen molar-refractivity contribution in [1.82, 2.24) is 0 Å².